The molecule has 10 heteroatoms. The highest BCUT2D eigenvalue weighted by atomic mass is 35.5. The number of ether oxygens (including phenoxy) is 2. The number of carbonyl (C=O) groups excluding carboxylic acids is 2. The first-order valence-electron chi connectivity index (χ1n) is 8.84. The monoisotopic (exact) mass is 463 g/mol. The number of hydrogen-bond acceptors (Lipinski definition) is 6. The van der Waals surface area contributed by atoms with Crippen molar-refractivity contribution >= 4 is 51.5 Å². The zero-order valence-electron chi connectivity index (χ0n) is 15.4. The Balaban J connectivity index is 1.29. The summed E-state index contributed by atoms with van der Waals surface area (Å²) in [6.45, 7) is -0.0615. The fraction of sp³-hybridized carbons (Fsp3) is 0.150. The molecule has 2 N–H and O–H groups in total. The molecule has 0 bridgehead atoms. The number of nitrogens with one attached hydrogen (secondary N) is 2. The van der Waals surface area contributed by atoms with E-state index >= 15 is 0 Å². The molecule has 0 saturated heterocycles. The van der Waals surface area contributed by atoms with Crippen LogP contribution in [0.15, 0.2) is 42.6 Å². The Morgan fingerprint density at radius 1 is 1.10 bits per heavy atom. The average Bonchev–Trinajstić information content (AvgIpc) is 3.37. The molecule has 0 saturated carbocycles. The number of nitrogens with zero attached hydrogens (tertiary/aromatic N) is 1. The van der Waals surface area contributed by atoms with E-state index in [0.29, 0.717) is 38.7 Å². The van der Waals surface area contributed by atoms with Gasteiger partial charge in [0.15, 0.2) is 16.6 Å². The maximum Gasteiger partial charge on any atom is 0.251 e. The van der Waals surface area contributed by atoms with E-state index in [0.717, 1.165) is 10.4 Å². The molecular weight excluding hydrogens is 449 g/mol. The Bertz CT molecular complexity index is 1120. The number of hydrogen-bond donors (Lipinski definition) is 2. The van der Waals surface area contributed by atoms with Crippen LogP contribution in [0.4, 0.5) is 5.13 Å². The minimum absolute atomic E-state index is 0.128. The highest BCUT2D eigenvalue weighted by Crippen LogP contribution is 2.32. The lowest BCUT2D eigenvalue weighted by molar-refractivity contribution is -0.115. The second-order valence-corrected chi connectivity index (χ2v) is 8.30. The van der Waals surface area contributed by atoms with Crippen LogP contribution >= 0.6 is 34.5 Å². The van der Waals surface area contributed by atoms with Crippen molar-refractivity contribution in [3.63, 3.8) is 0 Å². The molecule has 4 rings (SSSR count). The molecule has 0 aliphatic carbocycles. The number of amides is 2. The van der Waals surface area contributed by atoms with Gasteiger partial charge in [-0.1, -0.05) is 29.3 Å². The van der Waals surface area contributed by atoms with Gasteiger partial charge in [-0.25, -0.2) is 4.98 Å². The lowest BCUT2D eigenvalue weighted by Gasteiger charge is -2.06. The van der Waals surface area contributed by atoms with Crippen LogP contribution in [0.5, 0.6) is 11.5 Å². The first-order valence-corrected chi connectivity index (χ1v) is 10.4. The summed E-state index contributed by atoms with van der Waals surface area (Å²) >= 11 is 13.4. The summed E-state index contributed by atoms with van der Waals surface area (Å²) in [5.74, 6) is 0.321. The van der Waals surface area contributed by atoms with Crippen LogP contribution < -0.4 is 20.1 Å². The Morgan fingerprint density at radius 3 is 2.77 bits per heavy atom. The Kier molecular flexibility index (Phi) is 6.08. The fourth-order valence-corrected chi connectivity index (χ4v) is 4.09. The summed E-state index contributed by atoms with van der Waals surface area (Å²) in [5, 5.41) is 6.84. The number of carbonyl (C=O) groups is 2. The second-order valence-electron chi connectivity index (χ2n) is 6.34. The molecule has 154 valence electrons. The van der Waals surface area contributed by atoms with Crippen molar-refractivity contribution in [2.75, 3.05) is 18.7 Å². The topological polar surface area (TPSA) is 89.6 Å². The van der Waals surface area contributed by atoms with E-state index in [2.05, 4.69) is 15.6 Å². The van der Waals surface area contributed by atoms with E-state index in [1.807, 2.05) is 6.07 Å². The van der Waals surface area contributed by atoms with E-state index in [9.17, 15) is 9.59 Å². The van der Waals surface area contributed by atoms with Crippen LogP contribution in [0, 0.1) is 0 Å². The van der Waals surface area contributed by atoms with Gasteiger partial charge in [0.1, 0.15) is 0 Å². The van der Waals surface area contributed by atoms with Crippen LogP contribution in [0.25, 0.3) is 0 Å². The van der Waals surface area contributed by atoms with E-state index in [1.165, 1.54) is 11.3 Å². The van der Waals surface area contributed by atoms with E-state index in [4.69, 9.17) is 32.7 Å². The van der Waals surface area contributed by atoms with E-state index < -0.39 is 0 Å². The molecule has 30 heavy (non-hydrogen) atoms. The number of rotatable bonds is 6. The SMILES string of the molecule is O=C(CNC(=O)c1ccc2c(c1)OCO2)Nc1ncc(Cc2ccc(Cl)cc2Cl)s1. The maximum absolute atomic E-state index is 12.2. The molecule has 1 aliphatic rings. The van der Waals surface area contributed by atoms with Crippen molar-refractivity contribution in [3.05, 3.63) is 68.6 Å². The Labute approximate surface area is 185 Å². The van der Waals surface area contributed by atoms with Crippen LogP contribution in [0.2, 0.25) is 10.0 Å². The maximum atomic E-state index is 12.2. The molecule has 7 nitrogen and oxygen atoms in total. The molecule has 0 radical (unpaired) electrons. The molecule has 0 atom stereocenters. The first kappa shape index (κ1) is 20.5. The van der Waals surface area contributed by atoms with Gasteiger partial charge in [0.25, 0.3) is 5.91 Å². The van der Waals surface area contributed by atoms with Crippen molar-refractivity contribution in [1.82, 2.24) is 10.3 Å². The highest BCUT2D eigenvalue weighted by molar-refractivity contribution is 7.15. The van der Waals surface area contributed by atoms with Crippen molar-refractivity contribution in [2.45, 2.75) is 6.42 Å². The van der Waals surface area contributed by atoms with Gasteiger partial charge in [-0.15, -0.1) is 11.3 Å². The lowest BCUT2D eigenvalue weighted by Crippen LogP contribution is -2.32. The zero-order chi connectivity index (χ0) is 21.1. The number of halogens is 2. The third-order valence-corrected chi connectivity index (χ3v) is 5.72. The van der Waals surface area contributed by atoms with E-state index in [1.54, 1.807) is 36.5 Å². The normalized spacial score (nSPS) is 11.9. The minimum Gasteiger partial charge on any atom is -0.454 e. The third-order valence-electron chi connectivity index (χ3n) is 4.22. The standard InChI is InChI=1S/C20H15Cl2N3O4S/c21-13-3-1-11(15(22)7-13)5-14-8-24-20(30-14)25-18(26)9-23-19(27)12-2-4-16-17(6-12)29-10-28-16/h1-4,6-8H,5,9-10H2,(H,23,27)(H,24,25,26). The zero-order valence-corrected chi connectivity index (χ0v) is 17.7. The number of thiazole rings is 1. The van der Waals surface area contributed by atoms with Crippen LogP contribution in [0.1, 0.15) is 20.8 Å². The van der Waals surface area contributed by atoms with Gasteiger partial charge in [0, 0.05) is 33.1 Å². The smallest absolute Gasteiger partial charge is 0.251 e. The molecule has 2 amide bonds. The molecule has 3 aromatic rings. The van der Waals surface area contributed by atoms with Gasteiger partial charge in [0.05, 0.1) is 6.54 Å². The summed E-state index contributed by atoms with van der Waals surface area (Å²) in [4.78, 5) is 29.5. The van der Waals surface area contributed by atoms with Gasteiger partial charge >= 0.3 is 0 Å². The Morgan fingerprint density at radius 2 is 1.93 bits per heavy atom. The summed E-state index contributed by atoms with van der Waals surface area (Å²) in [7, 11) is 0. The first-order chi connectivity index (χ1) is 14.5. The molecule has 1 aromatic heterocycles. The molecule has 0 spiro atoms. The van der Waals surface area contributed by atoms with Crippen molar-refractivity contribution in [1.29, 1.82) is 0 Å². The number of fused-ring (bicyclic) bond motifs is 1. The molecule has 1 aliphatic heterocycles. The minimum atomic E-state index is -0.388. The second kappa shape index (κ2) is 8.91. The van der Waals surface area contributed by atoms with Gasteiger partial charge < -0.3 is 20.1 Å². The largest absolute Gasteiger partial charge is 0.454 e. The fourth-order valence-electron chi connectivity index (χ4n) is 2.76. The molecule has 0 fully saturated rings. The van der Waals surface area contributed by atoms with Crippen molar-refractivity contribution in [3.8, 4) is 11.5 Å². The third kappa shape index (κ3) is 4.84. The number of anilines is 1. The predicted molar refractivity (Wildman–Crippen MR) is 115 cm³/mol. The predicted octanol–water partition coefficient (Wildman–Crippen LogP) is 4.14. The molecule has 2 heterocycles. The summed E-state index contributed by atoms with van der Waals surface area (Å²) in [6, 6.07) is 10.1. The summed E-state index contributed by atoms with van der Waals surface area (Å²) in [6.07, 6.45) is 2.25. The van der Waals surface area contributed by atoms with Crippen molar-refractivity contribution < 1.29 is 19.1 Å². The van der Waals surface area contributed by atoms with Crippen LogP contribution in [-0.4, -0.2) is 30.1 Å². The van der Waals surface area contributed by atoms with Gasteiger partial charge in [-0.2, -0.15) is 0 Å². The summed E-state index contributed by atoms with van der Waals surface area (Å²) in [5.41, 5.74) is 1.29. The van der Waals surface area contributed by atoms with Crippen LogP contribution in [-0.2, 0) is 11.2 Å². The number of aromatic nitrogens is 1. The lowest BCUT2D eigenvalue weighted by atomic mass is 10.1. The van der Waals surface area contributed by atoms with Gasteiger partial charge in [-0.05, 0) is 35.9 Å². The van der Waals surface area contributed by atoms with E-state index in [-0.39, 0.29) is 25.2 Å². The Hall–Kier alpha value is -2.81. The van der Waals surface area contributed by atoms with Gasteiger partial charge in [0.2, 0.25) is 12.7 Å². The van der Waals surface area contributed by atoms with Crippen molar-refractivity contribution in [2.24, 2.45) is 0 Å². The van der Waals surface area contributed by atoms with Crippen LogP contribution in [0.3, 0.4) is 0 Å². The average molecular weight is 464 g/mol. The highest BCUT2D eigenvalue weighted by Gasteiger charge is 2.17. The number of benzene rings is 2. The van der Waals surface area contributed by atoms with Gasteiger partial charge in [-0.3, -0.25) is 9.59 Å². The quantitative estimate of drug-likeness (QED) is 0.573. The molecular formula is C20H15Cl2N3O4S. The molecule has 0 unspecified atom stereocenters. The molecule has 2 aromatic carbocycles. The summed E-state index contributed by atoms with van der Waals surface area (Å²) < 4.78 is 10.5.